The molecule has 0 atom stereocenters. The smallest absolute Gasteiger partial charge is 0.0885 e. The number of aryl methyl sites for hydroxylation is 2. The minimum absolute atomic E-state index is 0.852. The fourth-order valence-corrected chi connectivity index (χ4v) is 2.35. The summed E-state index contributed by atoms with van der Waals surface area (Å²) < 4.78 is 1.93. The maximum Gasteiger partial charge on any atom is 0.0885 e. The van der Waals surface area contributed by atoms with Gasteiger partial charge in [-0.3, -0.25) is 0 Å². The van der Waals surface area contributed by atoms with Crippen LogP contribution in [-0.4, -0.2) is 21.5 Å². The Morgan fingerprint density at radius 3 is 3.24 bits per heavy atom. The minimum Gasteiger partial charge on any atom is -0.385 e. The van der Waals surface area contributed by atoms with Gasteiger partial charge in [0.05, 0.1) is 11.9 Å². The van der Waals surface area contributed by atoms with Crippen molar-refractivity contribution < 1.29 is 0 Å². The average molecular weight is 228 g/mol. The summed E-state index contributed by atoms with van der Waals surface area (Å²) in [5.74, 6) is 0. The van der Waals surface area contributed by atoms with Crippen LogP contribution in [0, 0.1) is 0 Å². The summed E-state index contributed by atoms with van der Waals surface area (Å²) in [6, 6.07) is 6.56. The molecule has 0 aliphatic carbocycles. The highest BCUT2D eigenvalue weighted by Gasteiger charge is 2.11. The number of hydrogen-bond donors (Lipinski definition) is 1. The van der Waals surface area contributed by atoms with Crippen molar-refractivity contribution >= 4 is 5.69 Å². The Hall–Kier alpha value is -1.84. The van der Waals surface area contributed by atoms with Gasteiger partial charge in [0.2, 0.25) is 0 Å². The lowest BCUT2D eigenvalue weighted by molar-refractivity contribution is 0.632. The Morgan fingerprint density at radius 1 is 1.41 bits per heavy atom. The lowest BCUT2D eigenvalue weighted by Crippen LogP contribution is -2.11. The fraction of sp³-hybridized carbons (Fsp3) is 0.385. The number of fused-ring (bicyclic) bond motifs is 1. The molecule has 0 unspecified atom stereocenters. The van der Waals surface area contributed by atoms with Crippen LogP contribution in [0.4, 0.5) is 5.69 Å². The highest BCUT2D eigenvalue weighted by Crippen LogP contribution is 2.27. The van der Waals surface area contributed by atoms with Crippen molar-refractivity contribution in [3.05, 3.63) is 30.0 Å². The average Bonchev–Trinajstić information content (AvgIpc) is 2.86. The second-order valence-corrected chi connectivity index (χ2v) is 4.34. The summed E-state index contributed by atoms with van der Waals surface area (Å²) >= 11 is 0. The van der Waals surface area contributed by atoms with Gasteiger partial charge in [0.15, 0.2) is 0 Å². The molecular formula is C13H16N4. The zero-order chi connectivity index (χ0) is 11.7. The molecule has 1 N–H and O–H groups in total. The monoisotopic (exact) mass is 228 g/mol. The molecule has 1 aliphatic rings. The summed E-state index contributed by atoms with van der Waals surface area (Å²) in [5, 5.41) is 11.5. The number of hydrogen-bond acceptors (Lipinski definition) is 3. The van der Waals surface area contributed by atoms with Crippen molar-refractivity contribution in [2.45, 2.75) is 26.3 Å². The van der Waals surface area contributed by atoms with Crippen molar-refractivity contribution in [2.75, 3.05) is 11.9 Å². The van der Waals surface area contributed by atoms with E-state index >= 15 is 0 Å². The second-order valence-electron chi connectivity index (χ2n) is 4.34. The van der Waals surface area contributed by atoms with Gasteiger partial charge in [0, 0.05) is 24.3 Å². The normalized spacial score (nSPS) is 14.2. The molecule has 88 valence electrons. The summed E-state index contributed by atoms with van der Waals surface area (Å²) in [6.45, 7) is 4.02. The van der Waals surface area contributed by atoms with Crippen LogP contribution >= 0.6 is 0 Å². The third-order valence-electron chi connectivity index (χ3n) is 3.26. The largest absolute Gasteiger partial charge is 0.385 e. The highest BCUT2D eigenvalue weighted by molar-refractivity contribution is 5.66. The third kappa shape index (κ3) is 1.79. The predicted octanol–water partition coefficient (Wildman–Crippen LogP) is 2.32. The van der Waals surface area contributed by atoms with Gasteiger partial charge in [-0.15, -0.1) is 5.10 Å². The van der Waals surface area contributed by atoms with Gasteiger partial charge in [0.1, 0.15) is 0 Å². The topological polar surface area (TPSA) is 42.7 Å². The lowest BCUT2D eigenvalue weighted by Gasteiger charge is -2.18. The molecule has 0 bridgehead atoms. The first-order chi connectivity index (χ1) is 8.38. The zero-order valence-electron chi connectivity index (χ0n) is 9.98. The van der Waals surface area contributed by atoms with Crippen LogP contribution in [0.25, 0.3) is 11.3 Å². The molecule has 0 saturated heterocycles. The molecule has 0 amide bonds. The summed E-state index contributed by atoms with van der Waals surface area (Å²) in [6.07, 6.45) is 4.20. The van der Waals surface area contributed by atoms with E-state index in [1.165, 1.54) is 23.2 Å². The standard InChI is InChI=1S/C13H16N4/c1-2-17-13(9-15-16-17)11-5-6-12-10(8-11)4-3-7-14-12/h5-6,8-9,14H,2-4,7H2,1H3. The van der Waals surface area contributed by atoms with E-state index in [2.05, 4.69) is 40.8 Å². The molecule has 2 aromatic rings. The molecule has 1 aliphatic heterocycles. The number of rotatable bonds is 2. The molecule has 0 radical (unpaired) electrons. The first kappa shape index (κ1) is 10.3. The third-order valence-corrected chi connectivity index (χ3v) is 3.26. The molecule has 0 spiro atoms. The van der Waals surface area contributed by atoms with Gasteiger partial charge in [-0.1, -0.05) is 11.3 Å². The van der Waals surface area contributed by atoms with Crippen LogP contribution < -0.4 is 5.32 Å². The molecule has 4 heteroatoms. The molecule has 2 heterocycles. The van der Waals surface area contributed by atoms with E-state index in [-0.39, 0.29) is 0 Å². The van der Waals surface area contributed by atoms with Gasteiger partial charge in [-0.2, -0.15) is 0 Å². The Morgan fingerprint density at radius 2 is 2.35 bits per heavy atom. The van der Waals surface area contributed by atoms with Crippen LogP contribution in [0.3, 0.4) is 0 Å². The zero-order valence-corrected chi connectivity index (χ0v) is 9.98. The molecule has 17 heavy (non-hydrogen) atoms. The van der Waals surface area contributed by atoms with Gasteiger partial charge >= 0.3 is 0 Å². The Kier molecular flexibility index (Phi) is 2.55. The first-order valence-corrected chi connectivity index (χ1v) is 6.14. The SMILES string of the molecule is CCn1nncc1-c1ccc2c(c1)CCCN2. The maximum absolute atomic E-state index is 4.07. The molecule has 1 aromatic carbocycles. The van der Waals surface area contributed by atoms with Crippen molar-refractivity contribution in [3.63, 3.8) is 0 Å². The second kappa shape index (κ2) is 4.20. The first-order valence-electron chi connectivity index (χ1n) is 6.14. The van der Waals surface area contributed by atoms with Crippen molar-refractivity contribution in [1.82, 2.24) is 15.0 Å². The van der Waals surface area contributed by atoms with E-state index in [9.17, 15) is 0 Å². The van der Waals surface area contributed by atoms with Crippen molar-refractivity contribution in [3.8, 4) is 11.3 Å². The van der Waals surface area contributed by atoms with Gasteiger partial charge in [0.25, 0.3) is 0 Å². The number of benzene rings is 1. The Labute approximate surface area is 101 Å². The van der Waals surface area contributed by atoms with Crippen LogP contribution in [0.5, 0.6) is 0 Å². The van der Waals surface area contributed by atoms with Crippen LogP contribution in [0.15, 0.2) is 24.4 Å². The van der Waals surface area contributed by atoms with Crippen molar-refractivity contribution in [2.24, 2.45) is 0 Å². The quantitative estimate of drug-likeness (QED) is 0.857. The Balaban J connectivity index is 2.04. The lowest BCUT2D eigenvalue weighted by atomic mass is 10.00. The molecule has 1 aromatic heterocycles. The molecule has 4 nitrogen and oxygen atoms in total. The molecular weight excluding hydrogens is 212 g/mol. The van der Waals surface area contributed by atoms with Crippen LogP contribution in [-0.2, 0) is 13.0 Å². The number of aromatic nitrogens is 3. The van der Waals surface area contributed by atoms with E-state index in [0.29, 0.717) is 0 Å². The summed E-state index contributed by atoms with van der Waals surface area (Å²) in [4.78, 5) is 0. The van der Waals surface area contributed by atoms with Crippen molar-refractivity contribution in [1.29, 1.82) is 0 Å². The van der Waals surface area contributed by atoms with E-state index in [1.54, 1.807) is 0 Å². The van der Waals surface area contributed by atoms with Crippen LogP contribution in [0.1, 0.15) is 18.9 Å². The molecule has 0 fully saturated rings. The van der Waals surface area contributed by atoms with Gasteiger partial charge in [-0.25, -0.2) is 4.68 Å². The van der Waals surface area contributed by atoms with E-state index in [1.807, 2.05) is 10.9 Å². The Bertz CT molecular complexity index is 530. The fourth-order valence-electron chi connectivity index (χ4n) is 2.35. The van der Waals surface area contributed by atoms with E-state index < -0.39 is 0 Å². The van der Waals surface area contributed by atoms with Crippen LogP contribution in [0.2, 0.25) is 0 Å². The minimum atomic E-state index is 0.852. The molecule has 3 rings (SSSR count). The number of anilines is 1. The number of nitrogens with one attached hydrogen (secondary N) is 1. The predicted molar refractivity (Wildman–Crippen MR) is 67.9 cm³/mol. The van der Waals surface area contributed by atoms with Gasteiger partial charge < -0.3 is 5.32 Å². The van der Waals surface area contributed by atoms with E-state index in [4.69, 9.17) is 0 Å². The summed E-state index contributed by atoms with van der Waals surface area (Å²) in [7, 11) is 0. The van der Waals surface area contributed by atoms with Gasteiger partial charge in [-0.05, 0) is 37.5 Å². The summed E-state index contributed by atoms with van der Waals surface area (Å²) in [5.41, 5.74) is 4.98. The highest BCUT2D eigenvalue weighted by atomic mass is 15.4. The number of nitrogens with zero attached hydrogens (tertiary/aromatic N) is 3. The molecule has 0 saturated carbocycles. The maximum atomic E-state index is 4.07. The van der Waals surface area contributed by atoms with E-state index in [0.717, 1.165) is 25.2 Å².